The van der Waals surface area contributed by atoms with Gasteiger partial charge in [0.2, 0.25) is 0 Å². The molecule has 0 aliphatic rings. The predicted octanol–water partition coefficient (Wildman–Crippen LogP) is 3.34. The summed E-state index contributed by atoms with van der Waals surface area (Å²) in [6.45, 7) is 11.8. The van der Waals surface area contributed by atoms with Crippen molar-refractivity contribution in [1.29, 1.82) is 0 Å². The van der Waals surface area contributed by atoms with Gasteiger partial charge in [-0.1, -0.05) is 39.8 Å². The Hall–Kier alpha value is -1.35. The van der Waals surface area contributed by atoms with Gasteiger partial charge in [-0.25, -0.2) is 4.79 Å². The van der Waals surface area contributed by atoms with E-state index in [1.165, 1.54) is 5.56 Å². The van der Waals surface area contributed by atoms with E-state index in [1.807, 2.05) is 38.1 Å². The van der Waals surface area contributed by atoms with Crippen molar-refractivity contribution in [3.05, 3.63) is 35.4 Å². The van der Waals surface area contributed by atoms with Crippen molar-refractivity contribution in [2.75, 3.05) is 19.7 Å². The SMILES string of the molecule is CCN(CC)Cc1ccc(C(=O)OCC(C)C)cc1. The van der Waals surface area contributed by atoms with Crippen molar-refractivity contribution in [1.82, 2.24) is 4.90 Å². The van der Waals surface area contributed by atoms with E-state index in [0.717, 1.165) is 19.6 Å². The number of benzene rings is 1. The van der Waals surface area contributed by atoms with Gasteiger partial charge >= 0.3 is 5.97 Å². The van der Waals surface area contributed by atoms with E-state index in [2.05, 4.69) is 18.7 Å². The maximum Gasteiger partial charge on any atom is 0.338 e. The highest BCUT2D eigenvalue weighted by atomic mass is 16.5. The minimum atomic E-state index is -0.233. The van der Waals surface area contributed by atoms with Gasteiger partial charge in [0, 0.05) is 6.54 Å². The zero-order valence-electron chi connectivity index (χ0n) is 12.5. The van der Waals surface area contributed by atoms with Gasteiger partial charge in [0.15, 0.2) is 0 Å². The summed E-state index contributed by atoms with van der Waals surface area (Å²) in [6, 6.07) is 7.71. The second-order valence-corrected chi connectivity index (χ2v) is 5.15. The molecule has 0 saturated carbocycles. The summed E-state index contributed by atoms with van der Waals surface area (Å²) in [5, 5.41) is 0. The molecule has 0 unspecified atom stereocenters. The largest absolute Gasteiger partial charge is 0.462 e. The highest BCUT2D eigenvalue weighted by molar-refractivity contribution is 5.89. The van der Waals surface area contributed by atoms with Crippen LogP contribution in [0.1, 0.15) is 43.6 Å². The van der Waals surface area contributed by atoms with E-state index >= 15 is 0 Å². The van der Waals surface area contributed by atoms with E-state index in [9.17, 15) is 4.79 Å². The molecule has 3 nitrogen and oxygen atoms in total. The molecule has 0 N–H and O–H groups in total. The summed E-state index contributed by atoms with van der Waals surface area (Å²) >= 11 is 0. The van der Waals surface area contributed by atoms with Crippen molar-refractivity contribution in [3.8, 4) is 0 Å². The lowest BCUT2D eigenvalue weighted by molar-refractivity contribution is 0.0459. The molecule has 1 rings (SSSR count). The molecule has 0 aliphatic heterocycles. The normalized spacial score (nSPS) is 11.1. The first kappa shape index (κ1) is 15.7. The van der Waals surface area contributed by atoms with Crippen LogP contribution in [-0.2, 0) is 11.3 Å². The monoisotopic (exact) mass is 263 g/mol. The van der Waals surface area contributed by atoms with Gasteiger partial charge < -0.3 is 4.74 Å². The molecule has 0 heterocycles. The maximum atomic E-state index is 11.8. The van der Waals surface area contributed by atoms with Crippen LogP contribution in [0.25, 0.3) is 0 Å². The van der Waals surface area contributed by atoms with Gasteiger partial charge in [-0.15, -0.1) is 0 Å². The van der Waals surface area contributed by atoms with Crippen LogP contribution in [0.3, 0.4) is 0 Å². The third-order valence-corrected chi connectivity index (χ3v) is 3.04. The molecule has 0 aliphatic carbocycles. The topological polar surface area (TPSA) is 29.5 Å². The second-order valence-electron chi connectivity index (χ2n) is 5.15. The van der Waals surface area contributed by atoms with Crippen molar-refractivity contribution in [3.63, 3.8) is 0 Å². The van der Waals surface area contributed by atoms with Crippen LogP contribution in [0.2, 0.25) is 0 Å². The molecule has 1 aromatic rings. The quantitative estimate of drug-likeness (QED) is 0.707. The van der Waals surface area contributed by atoms with Crippen LogP contribution in [0, 0.1) is 5.92 Å². The molecular formula is C16H25NO2. The Balaban J connectivity index is 2.58. The summed E-state index contributed by atoms with van der Waals surface area (Å²) in [4.78, 5) is 14.1. The standard InChI is InChI=1S/C16H25NO2/c1-5-17(6-2)11-14-7-9-15(10-8-14)16(18)19-12-13(3)4/h7-10,13H,5-6,11-12H2,1-4H3. The van der Waals surface area contributed by atoms with Gasteiger partial charge in [-0.05, 0) is 36.7 Å². The molecule has 0 aromatic heterocycles. The van der Waals surface area contributed by atoms with Crippen LogP contribution in [0.5, 0.6) is 0 Å². The van der Waals surface area contributed by atoms with Crippen LogP contribution in [0.4, 0.5) is 0 Å². The first-order valence-electron chi connectivity index (χ1n) is 7.05. The Morgan fingerprint density at radius 3 is 2.21 bits per heavy atom. The first-order valence-corrected chi connectivity index (χ1v) is 7.05. The van der Waals surface area contributed by atoms with Crippen molar-refractivity contribution >= 4 is 5.97 Å². The van der Waals surface area contributed by atoms with Gasteiger partial charge in [0.1, 0.15) is 0 Å². The zero-order valence-corrected chi connectivity index (χ0v) is 12.5. The molecule has 0 atom stereocenters. The first-order chi connectivity index (χ1) is 9.06. The smallest absolute Gasteiger partial charge is 0.338 e. The molecule has 0 spiro atoms. The molecule has 19 heavy (non-hydrogen) atoms. The number of nitrogens with zero attached hydrogens (tertiary/aromatic N) is 1. The van der Waals surface area contributed by atoms with Gasteiger partial charge in [-0.2, -0.15) is 0 Å². The molecular weight excluding hydrogens is 238 g/mol. The minimum Gasteiger partial charge on any atom is -0.462 e. The van der Waals surface area contributed by atoms with E-state index < -0.39 is 0 Å². The zero-order chi connectivity index (χ0) is 14.3. The molecule has 0 amide bonds. The van der Waals surface area contributed by atoms with Crippen molar-refractivity contribution in [2.24, 2.45) is 5.92 Å². The highest BCUT2D eigenvalue weighted by Gasteiger charge is 2.08. The summed E-state index contributed by atoms with van der Waals surface area (Å²) < 4.78 is 5.20. The van der Waals surface area contributed by atoms with Gasteiger partial charge in [-0.3, -0.25) is 4.90 Å². The fourth-order valence-corrected chi connectivity index (χ4v) is 1.78. The Morgan fingerprint density at radius 2 is 1.74 bits per heavy atom. The van der Waals surface area contributed by atoms with E-state index in [-0.39, 0.29) is 5.97 Å². The second kappa shape index (κ2) is 7.95. The lowest BCUT2D eigenvalue weighted by atomic mass is 10.1. The minimum absolute atomic E-state index is 0.233. The molecule has 0 fully saturated rings. The third kappa shape index (κ3) is 5.43. The number of rotatable bonds is 7. The molecule has 0 bridgehead atoms. The average molecular weight is 263 g/mol. The van der Waals surface area contributed by atoms with E-state index in [4.69, 9.17) is 4.74 Å². The van der Waals surface area contributed by atoms with Gasteiger partial charge in [0.25, 0.3) is 0 Å². The molecule has 106 valence electrons. The summed E-state index contributed by atoms with van der Waals surface area (Å²) in [5.41, 5.74) is 1.85. The number of esters is 1. The Morgan fingerprint density at radius 1 is 1.16 bits per heavy atom. The Kier molecular flexibility index (Phi) is 6.57. The fourth-order valence-electron chi connectivity index (χ4n) is 1.78. The maximum absolute atomic E-state index is 11.8. The van der Waals surface area contributed by atoms with Crippen LogP contribution in [0.15, 0.2) is 24.3 Å². The van der Waals surface area contributed by atoms with Crippen molar-refractivity contribution < 1.29 is 9.53 Å². The average Bonchev–Trinajstić information content (AvgIpc) is 2.42. The molecule has 0 radical (unpaired) electrons. The number of hydrogen-bond donors (Lipinski definition) is 0. The van der Waals surface area contributed by atoms with Crippen LogP contribution >= 0.6 is 0 Å². The number of hydrogen-bond acceptors (Lipinski definition) is 3. The van der Waals surface area contributed by atoms with E-state index in [0.29, 0.717) is 18.1 Å². The summed E-state index contributed by atoms with van der Waals surface area (Å²) in [5.74, 6) is 0.133. The lowest BCUT2D eigenvalue weighted by Gasteiger charge is -2.18. The number of ether oxygens (including phenoxy) is 1. The highest BCUT2D eigenvalue weighted by Crippen LogP contribution is 2.09. The number of carbonyl (C=O) groups excluding carboxylic acids is 1. The summed E-state index contributed by atoms with van der Waals surface area (Å²) in [7, 11) is 0. The number of carbonyl (C=O) groups is 1. The van der Waals surface area contributed by atoms with Crippen LogP contribution < -0.4 is 0 Å². The van der Waals surface area contributed by atoms with E-state index in [1.54, 1.807) is 0 Å². The van der Waals surface area contributed by atoms with Gasteiger partial charge in [0.05, 0.1) is 12.2 Å². The fraction of sp³-hybridized carbons (Fsp3) is 0.562. The molecule has 3 heteroatoms. The third-order valence-electron chi connectivity index (χ3n) is 3.04. The Labute approximate surface area is 116 Å². The van der Waals surface area contributed by atoms with Crippen LogP contribution in [-0.4, -0.2) is 30.6 Å². The lowest BCUT2D eigenvalue weighted by Crippen LogP contribution is -2.22. The molecule has 0 saturated heterocycles. The predicted molar refractivity (Wildman–Crippen MR) is 78.2 cm³/mol. The molecule has 1 aromatic carbocycles. The van der Waals surface area contributed by atoms with Crippen molar-refractivity contribution in [2.45, 2.75) is 34.2 Å². The Bertz CT molecular complexity index is 380. The summed E-state index contributed by atoms with van der Waals surface area (Å²) in [6.07, 6.45) is 0.